The van der Waals surface area contributed by atoms with Gasteiger partial charge in [-0.05, 0) is 25.3 Å². The van der Waals surface area contributed by atoms with Crippen molar-refractivity contribution in [2.45, 2.75) is 39.2 Å². The fraction of sp³-hybridized carbons (Fsp3) is 0.600. The van der Waals surface area contributed by atoms with E-state index >= 15 is 0 Å². The molecule has 78 valence electrons. The van der Waals surface area contributed by atoms with Crippen LogP contribution in [-0.4, -0.2) is 18.0 Å². The Hall–Kier alpha value is -1.32. The van der Waals surface area contributed by atoms with Crippen LogP contribution < -0.4 is 0 Å². The molecule has 0 radical (unpaired) electrons. The Labute approximate surface area is 82.9 Å². The van der Waals surface area contributed by atoms with E-state index in [1.807, 2.05) is 0 Å². The molecule has 0 amide bonds. The number of ether oxygens (including phenoxy) is 2. The maximum atomic E-state index is 10.8. The van der Waals surface area contributed by atoms with Crippen LogP contribution in [0.5, 0.6) is 0 Å². The van der Waals surface area contributed by atoms with Gasteiger partial charge in [-0.2, -0.15) is 0 Å². The summed E-state index contributed by atoms with van der Waals surface area (Å²) in [4.78, 5) is 21.5. The van der Waals surface area contributed by atoms with Crippen LogP contribution in [0.15, 0.2) is 11.8 Å². The van der Waals surface area contributed by atoms with Crippen molar-refractivity contribution in [2.75, 3.05) is 0 Å². The van der Waals surface area contributed by atoms with E-state index in [1.54, 1.807) is 6.08 Å². The number of rotatable bonds is 2. The first-order valence-corrected chi connectivity index (χ1v) is 4.65. The average molecular weight is 198 g/mol. The predicted molar refractivity (Wildman–Crippen MR) is 49.3 cm³/mol. The summed E-state index contributed by atoms with van der Waals surface area (Å²) in [5.41, 5.74) is 0. The number of hydrogen-bond acceptors (Lipinski definition) is 4. The largest absolute Gasteiger partial charge is 0.454 e. The van der Waals surface area contributed by atoms with Crippen molar-refractivity contribution in [3.63, 3.8) is 0 Å². The lowest BCUT2D eigenvalue weighted by Gasteiger charge is -2.22. The third-order valence-corrected chi connectivity index (χ3v) is 1.90. The molecule has 1 aliphatic carbocycles. The van der Waals surface area contributed by atoms with Gasteiger partial charge in [-0.1, -0.05) is 0 Å². The van der Waals surface area contributed by atoms with Gasteiger partial charge in [0, 0.05) is 13.8 Å². The van der Waals surface area contributed by atoms with E-state index in [0.29, 0.717) is 5.76 Å². The van der Waals surface area contributed by atoms with E-state index in [2.05, 4.69) is 0 Å². The van der Waals surface area contributed by atoms with Crippen LogP contribution in [0.2, 0.25) is 0 Å². The molecule has 0 heterocycles. The van der Waals surface area contributed by atoms with Crippen LogP contribution in [0.4, 0.5) is 0 Å². The predicted octanol–water partition coefficient (Wildman–Crippen LogP) is 1.55. The molecule has 0 fully saturated rings. The summed E-state index contributed by atoms with van der Waals surface area (Å²) in [6.07, 6.45) is 3.95. The van der Waals surface area contributed by atoms with Gasteiger partial charge in [0.2, 0.25) is 0 Å². The van der Waals surface area contributed by atoms with E-state index in [-0.39, 0.29) is 18.0 Å². The molecule has 0 saturated carbocycles. The molecule has 0 aromatic carbocycles. The van der Waals surface area contributed by atoms with Gasteiger partial charge >= 0.3 is 11.9 Å². The molecule has 4 nitrogen and oxygen atoms in total. The second kappa shape index (κ2) is 4.79. The fourth-order valence-corrected chi connectivity index (χ4v) is 1.41. The highest BCUT2D eigenvalue weighted by molar-refractivity contribution is 5.68. The van der Waals surface area contributed by atoms with Gasteiger partial charge in [-0.3, -0.25) is 9.59 Å². The number of allylic oxidation sites excluding steroid dienone is 1. The van der Waals surface area contributed by atoms with Crippen LogP contribution in [-0.2, 0) is 19.1 Å². The minimum Gasteiger partial charge on any atom is -0.454 e. The van der Waals surface area contributed by atoms with E-state index in [4.69, 9.17) is 9.47 Å². The van der Waals surface area contributed by atoms with Crippen LogP contribution in [0.25, 0.3) is 0 Å². The van der Waals surface area contributed by atoms with Gasteiger partial charge in [-0.25, -0.2) is 0 Å². The summed E-state index contributed by atoms with van der Waals surface area (Å²) < 4.78 is 9.97. The highest BCUT2D eigenvalue weighted by atomic mass is 16.6. The SMILES string of the molecule is CC(=O)OC1=CCCC[C@H]1OC(C)=O. The molecule has 0 aromatic heterocycles. The van der Waals surface area contributed by atoms with Gasteiger partial charge < -0.3 is 9.47 Å². The number of carbonyl (C=O) groups excluding carboxylic acids is 2. The lowest BCUT2D eigenvalue weighted by atomic mass is 10.0. The smallest absolute Gasteiger partial charge is 0.307 e. The molecule has 0 N–H and O–H groups in total. The first-order chi connectivity index (χ1) is 6.59. The van der Waals surface area contributed by atoms with Crippen LogP contribution in [0.1, 0.15) is 33.1 Å². The summed E-state index contributed by atoms with van der Waals surface area (Å²) in [6, 6.07) is 0. The third-order valence-electron chi connectivity index (χ3n) is 1.90. The van der Waals surface area contributed by atoms with E-state index < -0.39 is 0 Å². The Morgan fingerprint density at radius 1 is 1.36 bits per heavy atom. The van der Waals surface area contributed by atoms with Crippen molar-refractivity contribution in [2.24, 2.45) is 0 Å². The van der Waals surface area contributed by atoms with Crippen LogP contribution in [0, 0.1) is 0 Å². The molecule has 14 heavy (non-hydrogen) atoms. The summed E-state index contributed by atoms with van der Waals surface area (Å²) in [5, 5.41) is 0. The van der Waals surface area contributed by atoms with Gasteiger partial charge in [0.05, 0.1) is 0 Å². The molecule has 1 rings (SSSR count). The van der Waals surface area contributed by atoms with Crippen molar-refractivity contribution in [3.05, 3.63) is 11.8 Å². The van der Waals surface area contributed by atoms with E-state index in [0.717, 1.165) is 19.3 Å². The minimum absolute atomic E-state index is 0.352. The number of esters is 2. The molecule has 0 spiro atoms. The maximum Gasteiger partial charge on any atom is 0.307 e. The first-order valence-electron chi connectivity index (χ1n) is 4.65. The average Bonchev–Trinajstić information content (AvgIpc) is 2.06. The topological polar surface area (TPSA) is 52.6 Å². The monoisotopic (exact) mass is 198 g/mol. The Morgan fingerprint density at radius 3 is 2.64 bits per heavy atom. The Bertz CT molecular complexity index is 267. The van der Waals surface area contributed by atoms with Crippen LogP contribution >= 0.6 is 0 Å². The number of carbonyl (C=O) groups is 2. The molecule has 4 heteroatoms. The Balaban J connectivity index is 2.62. The Kier molecular flexibility index (Phi) is 3.68. The van der Waals surface area contributed by atoms with Crippen molar-refractivity contribution in [1.82, 2.24) is 0 Å². The van der Waals surface area contributed by atoms with E-state index in [1.165, 1.54) is 13.8 Å². The molecular formula is C10H14O4. The van der Waals surface area contributed by atoms with Gasteiger partial charge in [-0.15, -0.1) is 0 Å². The number of hydrogen-bond donors (Lipinski definition) is 0. The summed E-state index contributed by atoms with van der Waals surface area (Å²) in [7, 11) is 0. The zero-order valence-corrected chi connectivity index (χ0v) is 8.41. The zero-order valence-electron chi connectivity index (χ0n) is 8.41. The third kappa shape index (κ3) is 3.20. The summed E-state index contributed by atoms with van der Waals surface area (Å²) in [6.45, 7) is 2.68. The summed E-state index contributed by atoms with van der Waals surface area (Å²) in [5.74, 6) is -0.260. The minimum atomic E-state index is -0.384. The van der Waals surface area contributed by atoms with Gasteiger partial charge in [0.1, 0.15) is 5.76 Å². The van der Waals surface area contributed by atoms with Crippen LogP contribution in [0.3, 0.4) is 0 Å². The van der Waals surface area contributed by atoms with E-state index in [9.17, 15) is 9.59 Å². The molecule has 0 bridgehead atoms. The highest BCUT2D eigenvalue weighted by Gasteiger charge is 2.22. The van der Waals surface area contributed by atoms with Crippen molar-refractivity contribution in [3.8, 4) is 0 Å². The maximum absolute atomic E-state index is 10.8. The van der Waals surface area contributed by atoms with Gasteiger partial charge in [0.25, 0.3) is 0 Å². The van der Waals surface area contributed by atoms with Crippen molar-refractivity contribution in [1.29, 1.82) is 0 Å². The molecule has 0 unspecified atom stereocenters. The lowest BCUT2D eigenvalue weighted by Crippen LogP contribution is -2.24. The van der Waals surface area contributed by atoms with Crippen molar-refractivity contribution < 1.29 is 19.1 Å². The molecule has 0 saturated heterocycles. The molecule has 1 aliphatic rings. The second-order valence-electron chi connectivity index (χ2n) is 3.23. The molecular weight excluding hydrogens is 184 g/mol. The zero-order chi connectivity index (χ0) is 10.6. The second-order valence-corrected chi connectivity index (χ2v) is 3.23. The highest BCUT2D eigenvalue weighted by Crippen LogP contribution is 2.22. The Morgan fingerprint density at radius 2 is 2.07 bits per heavy atom. The normalized spacial score (nSPS) is 21.0. The quantitative estimate of drug-likeness (QED) is 0.632. The fourth-order valence-electron chi connectivity index (χ4n) is 1.41. The van der Waals surface area contributed by atoms with Crippen molar-refractivity contribution >= 4 is 11.9 Å². The molecule has 0 aliphatic heterocycles. The molecule has 1 atom stereocenters. The summed E-state index contributed by atoms with van der Waals surface area (Å²) >= 11 is 0. The standard InChI is InChI=1S/C10H14O4/c1-7(11)13-9-5-3-4-6-10(9)14-8(2)12/h5,10H,3-4,6H2,1-2H3/t10-/m1/s1. The van der Waals surface area contributed by atoms with Gasteiger partial charge in [0.15, 0.2) is 6.10 Å². The lowest BCUT2D eigenvalue weighted by molar-refractivity contribution is -0.151. The molecule has 0 aromatic rings. The first kappa shape index (κ1) is 10.8.